The number of halogens is 2. The van der Waals surface area contributed by atoms with Crippen molar-refractivity contribution >= 4 is 33.0 Å². The zero-order chi connectivity index (χ0) is 13.1. The van der Waals surface area contributed by atoms with Crippen LogP contribution < -0.4 is 5.73 Å². The van der Waals surface area contributed by atoms with Gasteiger partial charge < -0.3 is 5.73 Å². The molecular formula is C13H14BrFN2S. The first-order chi connectivity index (χ1) is 8.52. The summed E-state index contributed by atoms with van der Waals surface area (Å²) in [5.41, 5.74) is 6.99. The molecule has 0 saturated carbocycles. The molecule has 2 rings (SSSR count). The normalized spacial score (nSPS) is 11.1. The Balaban J connectivity index is 2.00. The van der Waals surface area contributed by atoms with Crippen molar-refractivity contribution in [2.75, 3.05) is 12.8 Å². The number of nitrogen functional groups attached to an aromatic ring is 1. The number of anilines is 1. The SMILES string of the molecule is CN(Cc1cc(N)cc(F)c1)Cc1cc(Br)cs1. The van der Waals surface area contributed by atoms with Gasteiger partial charge >= 0.3 is 0 Å². The number of thiophene rings is 1. The summed E-state index contributed by atoms with van der Waals surface area (Å²) in [4.78, 5) is 3.40. The molecule has 0 aliphatic rings. The van der Waals surface area contributed by atoms with E-state index in [4.69, 9.17) is 5.73 Å². The number of rotatable bonds is 4. The first-order valence-corrected chi connectivity index (χ1v) is 7.16. The average Bonchev–Trinajstić information content (AvgIpc) is 2.61. The molecule has 5 heteroatoms. The molecule has 0 fully saturated rings. The van der Waals surface area contributed by atoms with E-state index in [0.29, 0.717) is 12.2 Å². The lowest BCUT2D eigenvalue weighted by Crippen LogP contribution is -2.16. The van der Waals surface area contributed by atoms with E-state index in [-0.39, 0.29) is 5.82 Å². The maximum atomic E-state index is 13.2. The summed E-state index contributed by atoms with van der Waals surface area (Å²) >= 11 is 5.14. The summed E-state index contributed by atoms with van der Waals surface area (Å²) < 4.78 is 14.3. The van der Waals surface area contributed by atoms with Crippen LogP contribution in [0.2, 0.25) is 0 Å². The smallest absolute Gasteiger partial charge is 0.125 e. The Morgan fingerprint density at radius 2 is 2.06 bits per heavy atom. The maximum Gasteiger partial charge on any atom is 0.125 e. The van der Waals surface area contributed by atoms with Crippen LogP contribution in [-0.2, 0) is 13.1 Å². The van der Waals surface area contributed by atoms with Crippen LogP contribution in [0.15, 0.2) is 34.1 Å². The van der Waals surface area contributed by atoms with Gasteiger partial charge in [0.2, 0.25) is 0 Å². The molecule has 0 bridgehead atoms. The second-order valence-corrected chi connectivity index (χ2v) is 6.21. The van der Waals surface area contributed by atoms with Crippen LogP contribution in [0, 0.1) is 5.82 Å². The Bertz CT molecular complexity index is 521. The van der Waals surface area contributed by atoms with Gasteiger partial charge in [-0.3, -0.25) is 4.90 Å². The van der Waals surface area contributed by atoms with Crippen molar-refractivity contribution in [1.82, 2.24) is 4.90 Å². The number of hydrogen-bond donors (Lipinski definition) is 1. The molecule has 18 heavy (non-hydrogen) atoms. The average molecular weight is 329 g/mol. The first-order valence-electron chi connectivity index (χ1n) is 5.49. The molecule has 0 atom stereocenters. The second kappa shape index (κ2) is 5.82. The van der Waals surface area contributed by atoms with E-state index in [0.717, 1.165) is 16.6 Å². The van der Waals surface area contributed by atoms with Crippen molar-refractivity contribution in [3.05, 3.63) is 50.4 Å². The fraction of sp³-hybridized carbons (Fsp3) is 0.231. The van der Waals surface area contributed by atoms with Crippen LogP contribution in [0.1, 0.15) is 10.4 Å². The van der Waals surface area contributed by atoms with Crippen LogP contribution in [0.4, 0.5) is 10.1 Å². The number of hydrogen-bond acceptors (Lipinski definition) is 3. The molecule has 2 nitrogen and oxygen atoms in total. The van der Waals surface area contributed by atoms with Gasteiger partial charge in [0.1, 0.15) is 5.82 Å². The van der Waals surface area contributed by atoms with Gasteiger partial charge in [0.15, 0.2) is 0 Å². The molecule has 0 spiro atoms. The van der Waals surface area contributed by atoms with Gasteiger partial charge in [-0.25, -0.2) is 4.39 Å². The summed E-state index contributed by atoms with van der Waals surface area (Å²) in [6.45, 7) is 1.52. The molecule has 2 aromatic rings. The first kappa shape index (κ1) is 13.5. The molecule has 0 saturated heterocycles. The molecular weight excluding hydrogens is 315 g/mol. The van der Waals surface area contributed by atoms with Crippen molar-refractivity contribution in [2.24, 2.45) is 0 Å². The van der Waals surface area contributed by atoms with Crippen LogP contribution in [0.5, 0.6) is 0 Å². The lowest BCUT2D eigenvalue weighted by molar-refractivity contribution is 0.321. The molecule has 0 aliphatic heterocycles. The molecule has 96 valence electrons. The summed E-state index contributed by atoms with van der Waals surface area (Å²) in [5.74, 6) is -0.280. The molecule has 0 radical (unpaired) electrons. The molecule has 0 unspecified atom stereocenters. The van der Waals surface area contributed by atoms with E-state index in [1.165, 1.54) is 17.0 Å². The summed E-state index contributed by atoms with van der Waals surface area (Å²) in [5, 5.41) is 2.06. The number of benzene rings is 1. The number of nitrogens with zero attached hydrogens (tertiary/aromatic N) is 1. The molecule has 0 amide bonds. The van der Waals surface area contributed by atoms with E-state index in [2.05, 4.69) is 32.3 Å². The van der Waals surface area contributed by atoms with E-state index in [9.17, 15) is 4.39 Å². The minimum absolute atomic E-state index is 0.280. The molecule has 1 aromatic heterocycles. The van der Waals surface area contributed by atoms with Gasteiger partial charge in [0.25, 0.3) is 0 Å². The monoisotopic (exact) mass is 328 g/mol. The minimum Gasteiger partial charge on any atom is -0.399 e. The highest BCUT2D eigenvalue weighted by molar-refractivity contribution is 9.10. The van der Waals surface area contributed by atoms with Gasteiger partial charge in [0.05, 0.1) is 0 Å². The predicted octanol–water partition coefficient (Wildman–Crippen LogP) is 3.86. The second-order valence-electron chi connectivity index (χ2n) is 4.30. The van der Waals surface area contributed by atoms with Crippen LogP contribution in [-0.4, -0.2) is 11.9 Å². The van der Waals surface area contributed by atoms with Gasteiger partial charge in [0, 0.05) is 33.5 Å². The highest BCUT2D eigenvalue weighted by atomic mass is 79.9. The Hall–Kier alpha value is -0.910. The Morgan fingerprint density at radius 1 is 1.28 bits per heavy atom. The Kier molecular flexibility index (Phi) is 4.37. The lowest BCUT2D eigenvalue weighted by atomic mass is 10.2. The van der Waals surface area contributed by atoms with E-state index in [1.54, 1.807) is 11.3 Å². The third-order valence-electron chi connectivity index (χ3n) is 2.48. The van der Waals surface area contributed by atoms with Crippen molar-refractivity contribution in [1.29, 1.82) is 0 Å². The van der Waals surface area contributed by atoms with Crippen molar-refractivity contribution in [3.8, 4) is 0 Å². The maximum absolute atomic E-state index is 13.2. The van der Waals surface area contributed by atoms with E-state index < -0.39 is 0 Å². The van der Waals surface area contributed by atoms with Crippen molar-refractivity contribution in [2.45, 2.75) is 13.1 Å². The largest absolute Gasteiger partial charge is 0.399 e. The van der Waals surface area contributed by atoms with Crippen LogP contribution >= 0.6 is 27.3 Å². The fourth-order valence-electron chi connectivity index (χ4n) is 1.84. The van der Waals surface area contributed by atoms with Gasteiger partial charge in [-0.2, -0.15) is 0 Å². The fourth-order valence-corrected chi connectivity index (χ4v) is 3.37. The highest BCUT2D eigenvalue weighted by Gasteiger charge is 2.05. The lowest BCUT2D eigenvalue weighted by Gasteiger charge is -2.16. The number of nitrogens with two attached hydrogens (primary N) is 1. The quantitative estimate of drug-likeness (QED) is 0.863. The topological polar surface area (TPSA) is 29.3 Å². The van der Waals surface area contributed by atoms with Gasteiger partial charge in [-0.05, 0) is 52.8 Å². The standard InChI is InChI=1S/C13H14BrFN2S/c1-17(7-13-4-10(14)8-18-13)6-9-2-11(15)5-12(16)3-9/h2-5,8H,6-7,16H2,1H3. The predicted molar refractivity (Wildman–Crippen MR) is 78.0 cm³/mol. The molecule has 2 N–H and O–H groups in total. The van der Waals surface area contributed by atoms with E-state index >= 15 is 0 Å². The van der Waals surface area contributed by atoms with Gasteiger partial charge in [-0.15, -0.1) is 11.3 Å². The Labute approximate surface area is 118 Å². The third kappa shape index (κ3) is 3.80. The molecule has 1 aromatic carbocycles. The van der Waals surface area contributed by atoms with Crippen LogP contribution in [0.25, 0.3) is 0 Å². The van der Waals surface area contributed by atoms with Crippen molar-refractivity contribution < 1.29 is 4.39 Å². The summed E-state index contributed by atoms with van der Waals surface area (Å²) in [7, 11) is 2.01. The summed E-state index contributed by atoms with van der Waals surface area (Å²) in [6, 6.07) is 6.77. The zero-order valence-corrected chi connectivity index (χ0v) is 12.4. The van der Waals surface area contributed by atoms with Gasteiger partial charge in [-0.1, -0.05) is 0 Å². The highest BCUT2D eigenvalue weighted by Crippen LogP contribution is 2.21. The zero-order valence-electron chi connectivity index (χ0n) is 9.99. The molecule has 0 aliphatic carbocycles. The molecule has 1 heterocycles. The Morgan fingerprint density at radius 3 is 2.67 bits per heavy atom. The third-order valence-corrected chi connectivity index (χ3v) is 4.16. The van der Waals surface area contributed by atoms with Crippen LogP contribution in [0.3, 0.4) is 0 Å². The summed E-state index contributed by atoms with van der Waals surface area (Å²) in [6.07, 6.45) is 0. The van der Waals surface area contributed by atoms with E-state index in [1.807, 2.05) is 13.1 Å². The van der Waals surface area contributed by atoms with Crippen molar-refractivity contribution in [3.63, 3.8) is 0 Å². The minimum atomic E-state index is -0.280.